The van der Waals surface area contributed by atoms with Crippen molar-refractivity contribution in [2.45, 2.75) is 38.5 Å². The number of carbonyl (C=O) groups excluding carboxylic acids is 1. The second-order valence-corrected chi connectivity index (χ2v) is 6.75. The van der Waals surface area contributed by atoms with E-state index in [9.17, 15) is 9.90 Å². The third kappa shape index (κ3) is 5.45. The molecule has 1 saturated heterocycles. The fourth-order valence-corrected chi connectivity index (χ4v) is 3.08. The Bertz CT molecular complexity index is 725. The van der Waals surface area contributed by atoms with Gasteiger partial charge in [0.15, 0.2) is 0 Å². The molecule has 3 heterocycles. The van der Waals surface area contributed by atoms with Crippen LogP contribution in [0.1, 0.15) is 35.7 Å². The van der Waals surface area contributed by atoms with E-state index >= 15 is 0 Å². The largest absolute Gasteiger partial charge is 0.390 e. The summed E-state index contributed by atoms with van der Waals surface area (Å²) in [4.78, 5) is 27.0. The Kier molecular flexibility index (Phi) is 6.67. The predicted octanol–water partition coefficient (Wildman–Crippen LogP) is 1.06. The summed E-state index contributed by atoms with van der Waals surface area (Å²) in [6, 6.07) is 3.17. The minimum atomic E-state index is -0.620. The number of hydrogen-bond acceptors (Lipinski definition) is 7. The minimum absolute atomic E-state index is 0.204. The summed E-state index contributed by atoms with van der Waals surface area (Å²) < 4.78 is 0. The molecule has 8 nitrogen and oxygen atoms in total. The summed E-state index contributed by atoms with van der Waals surface area (Å²) in [6.45, 7) is 4.90. The molecule has 0 saturated carbocycles. The van der Waals surface area contributed by atoms with Crippen LogP contribution in [0.5, 0.6) is 0 Å². The molecule has 3 rings (SSSR count). The summed E-state index contributed by atoms with van der Waals surface area (Å²) in [5.41, 5.74) is 1.50. The van der Waals surface area contributed by atoms with Crippen molar-refractivity contribution in [3.63, 3.8) is 0 Å². The molecule has 2 aromatic rings. The molecular formula is C19H26N6O2. The Labute approximate surface area is 159 Å². The zero-order valence-electron chi connectivity index (χ0n) is 15.5. The van der Waals surface area contributed by atoms with Gasteiger partial charge in [0.1, 0.15) is 0 Å². The maximum atomic E-state index is 12.2. The smallest absolute Gasteiger partial charge is 0.253 e. The molecule has 1 aliphatic heterocycles. The number of amides is 1. The van der Waals surface area contributed by atoms with E-state index in [0.717, 1.165) is 25.1 Å². The molecule has 1 aliphatic rings. The van der Waals surface area contributed by atoms with E-state index in [2.05, 4.69) is 37.4 Å². The van der Waals surface area contributed by atoms with E-state index in [0.29, 0.717) is 31.0 Å². The average molecular weight is 370 g/mol. The zero-order chi connectivity index (χ0) is 19.1. The Morgan fingerprint density at radius 2 is 2.15 bits per heavy atom. The fourth-order valence-electron chi connectivity index (χ4n) is 3.08. The van der Waals surface area contributed by atoms with Gasteiger partial charge in [-0.2, -0.15) is 0 Å². The van der Waals surface area contributed by atoms with Gasteiger partial charge in [0, 0.05) is 56.5 Å². The molecule has 27 heavy (non-hydrogen) atoms. The van der Waals surface area contributed by atoms with Crippen molar-refractivity contribution >= 4 is 11.9 Å². The van der Waals surface area contributed by atoms with Gasteiger partial charge in [-0.05, 0) is 25.0 Å². The molecule has 2 atom stereocenters. The van der Waals surface area contributed by atoms with Gasteiger partial charge in [-0.25, -0.2) is 9.97 Å². The van der Waals surface area contributed by atoms with Gasteiger partial charge in [0.05, 0.1) is 17.7 Å². The molecule has 0 spiro atoms. The van der Waals surface area contributed by atoms with Crippen molar-refractivity contribution in [2.75, 3.05) is 25.0 Å². The number of hydrogen-bond donors (Lipinski definition) is 3. The van der Waals surface area contributed by atoms with Gasteiger partial charge in [0.2, 0.25) is 5.95 Å². The highest BCUT2D eigenvalue weighted by molar-refractivity contribution is 5.94. The highest BCUT2D eigenvalue weighted by Gasteiger charge is 2.29. The van der Waals surface area contributed by atoms with Crippen LogP contribution in [0.25, 0.3) is 0 Å². The van der Waals surface area contributed by atoms with Crippen molar-refractivity contribution in [1.82, 2.24) is 25.2 Å². The topological polar surface area (TPSA) is 103 Å². The number of anilines is 1. The number of aromatic nitrogens is 3. The summed E-state index contributed by atoms with van der Waals surface area (Å²) in [6.07, 6.45) is 7.86. The molecule has 144 valence electrons. The first-order chi connectivity index (χ1) is 13.2. The lowest BCUT2D eigenvalue weighted by atomic mass is 10.0. The highest BCUT2D eigenvalue weighted by Crippen LogP contribution is 2.15. The number of β-amino-alcohol motifs (C(OH)–C–C–N with tert-alkyl or cyclic N) is 1. The number of aliphatic hydroxyl groups is 1. The second-order valence-electron chi connectivity index (χ2n) is 6.75. The minimum Gasteiger partial charge on any atom is -0.390 e. The van der Waals surface area contributed by atoms with Crippen LogP contribution in [0.2, 0.25) is 0 Å². The maximum Gasteiger partial charge on any atom is 0.253 e. The standard InChI is InChI=1S/C19H26N6O2/c1-2-6-21-19-22-9-14(10-23-19)12-25-8-5-16(17(26)13-25)24-18(27)15-4-3-7-20-11-15/h3-4,7,9-11,16-17,26H,2,5-6,8,12-13H2,1H3,(H,24,27)(H,21,22,23)/t16-,17-/m1/s1. The molecule has 3 N–H and O–H groups in total. The lowest BCUT2D eigenvalue weighted by Gasteiger charge is -2.36. The second kappa shape index (κ2) is 9.38. The molecule has 0 bridgehead atoms. The fraction of sp³-hybridized carbons (Fsp3) is 0.474. The number of rotatable bonds is 7. The van der Waals surface area contributed by atoms with E-state index in [1.54, 1.807) is 18.3 Å². The number of nitrogens with zero attached hydrogens (tertiary/aromatic N) is 4. The number of likely N-dealkylation sites (tertiary alicyclic amines) is 1. The van der Waals surface area contributed by atoms with Gasteiger partial charge < -0.3 is 15.7 Å². The summed E-state index contributed by atoms with van der Waals surface area (Å²) >= 11 is 0. The van der Waals surface area contributed by atoms with Crippen LogP contribution in [-0.4, -0.2) is 62.6 Å². The van der Waals surface area contributed by atoms with Crippen LogP contribution in [-0.2, 0) is 6.54 Å². The Hall–Kier alpha value is -2.58. The first-order valence-corrected chi connectivity index (χ1v) is 9.32. The number of carbonyl (C=O) groups is 1. The number of piperidine rings is 1. The maximum absolute atomic E-state index is 12.2. The quantitative estimate of drug-likeness (QED) is 0.669. The van der Waals surface area contributed by atoms with Crippen LogP contribution in [0, 0.1) is 0 Å². The SMILES string of the molecule is CCCNc1ncc(CN2CC[C@@H](NC(=O)c3cccnc3)[C@H](O)C2)cn1. The van der Waals surface area contributed by atoms with Gasteiger partial charge >= 0.3 is 0 Å². The van der Waals surface area contributed by atoms with Gasteiger partial charge in [-0.15, -0.1) is 0 Å². The molecule has 0 aliphatic carbocycles. The van der Waals surface area contributed by atoms with E-state index in [4.69, 9.17) is 0 Å². The third-order valence-electron chi connectivity index (χ3n) is 4.55. The molecule has 1 amide bonds. The predicted molar refractivity (Wildman–Crippen MR) is 102 cm³/mol. The monoisotopic (exact) mass is 370 g/mol. The molecule has 0 unspecified atom stereocenters. The van der Waals surface area contributed by atoms with Gasteiger partial charge in [-0.1, -0.05) is 6.92 Å². The Morgan fingerprint density at radius 3 is 2.81 bits per heavy atom. The Balaban J connectivity index is 1.49. The molecular weight excluding hydrogens is 344 g/mol. The van der Waals surface area contributed by atoms with Crippen molar-refractivity contribution in [2.24, 2.45) is 0 Å². The van der Waals surface area contributed by atoms with Crippen molar-refractivity contribution in [3.8, 4) is 0 Å². The Morgan fingerprint density at radius 1 is 1.33 bits per heavy atom. The summed E-state index contributed by atoms with van der Waals surface area (Å²) in [5.74, 6) is 0.432. The molecule has 0 aromatic carbocycles. The first kappa shape index (κ1) is 19.2. The number of aliphatic hydroxyl groups excluding tert-OH is 1. The molecule has 1 fully saturated rings. The summed E-state index contributed by atoms with van der Waals surface area (Å²) in [5, 5.41) is 16.5. The normalized spacial score (nSPS) is 20.2. The highest BCUT2D eigenvalue weighted by atomic mass is 16.3. The van der Waals surface area contributed by atoms with Crippen molar-refractivity contribution < 1.29 is 9.90 Å². The van der Waals surface area contributed by atoms with E-state index in [-0.39, 0.29) is 11.9 Å². The zero-order valence-corrected chi connectivity index (χ0v) is 15.5. The van der Waals surface area contributed by atoms with Crippen LogP contribution >= 0.6 is 0 Å². The van der Waals surface area contributed by atoms with Crippen LogP contribution < -0.4 is 10.6 Å². The van der Waals surface area contributed by atoms with E-state index < -0.39 is 6.10 Å². The van der Waals surface area contributed by atoms with Gasteiger partial charge in [-0.3, -0.25) is 14.7 Å². The summed E-state index contributed by atoms with van der Waals surface area (Å²) in [7, 11) is 0. The molecule has 0 radical (unpaired) electrons. The van der Waals surface area contributed by atoms with Crippen molar-refractivity contribution in [3.05, 3.63) is 48.0 Å². The number of pyridine rings is 1. The third-order valence-corrected chi connectivity index (χ3v) is 4.55. The number of nitrogens with one attached hydrogen (secondary N) is 2. The first-order valence-electron chi connectivity index (χ1n) is 9.32. The molecule has 8 heteroatoms. The molecule has 2 aromatic heterocycles. The van der Waals surface area contributed by atoms with E-state index in [1.165, 1.54) is 6.20 Å². The van der Waals surface area contributed by atoms with Crippen molar-refractivity contribution in [1.29, 1.82) is 0 Å². The van der Waals surface area contributed by atoms with Gasteiger partial charge in [0.25, 0.3) is 5.91 Å². The average Bonchev–Trinajstić information content (AvgIpc) is 2.70. The van der Waals surface area contributed by atoms with Crippen LogP contribution in [0.4, 0.5) is 5.95 Å². The van der Waals surface area contributed by atoms with Crippen LogP contribution in [0.15, 0.2) is 36.9 Å². The van der Waals surface area contributed by atoms with E-state index in [1.807, 2.05) is 12.4 Å². The lowest BCUT2D eigenvalue weighted by molar-refractivity contribution is 0.0349. The lowest BCUT2D eigenvalue weighted by Crippen LogP contribution is -2.53. The van der Waals surface area contributed by atoms with Crippen LogP contribution in [0.3, 0.4) is 0 Å².